The molecule has 1 aliphatic heterocycles. The van der Waals surface area contributed by atoms with Crippen LogP contribution in [0.1, 0.15) is 29.2 Å². The van der Waals surface area contributed by atoms with Gasteiger partial charge in [0.25, 0.3) is 5.91 Å². The molecule has 0 spiro atoms. The molecule has 0 radical (unpaired) electrons. The van der Waals surface area contributed by atoms with Crippen molar-refractivity contribution in [2.45, 2.75) is 12.5 Å². The molecular formula is C26H23BrN2O3. The van der Waals surface area contributed by atoms with E-state index >= 15 is 0 Å². The monoisotopic (exact) mass is 490 g/mol. The summed E-state index contributed by atoms with van der Waals surface area (Å²) in [5.41, 5.74) is 3.62. The minimum atomic E-state index is -0.313. The van der Waals surface area contributed by atoms with Gasteiger partial charge in [-0.1, -0.05) is 58.4 Å². The summed E-state index contributed by atoms with van der Waals surface area (Å²) >= 11 is 3.47. The highest BCUT2D eigenvalue weighted by molar-refractivity contribution is 9.10. The maximum absolute atomic E-state index is 13.2. The number of nitrogens with zero attached hydrogens (tertiary/aromatic N) is 2. The molecule has 0 bridgehead atoms. The highest BCUT2D eigenvalue weighted by atomic mass is 79.9. The predicted molar refractivity (Wildman–Crippen MR) is 130 cm³/mol. The Kier molecular flexibility index (Phi) is 6.71. The molecule has 32 heavy (non-hydrogen) atoms. The van der Waals surface area contributed by atoms with Crippen molar-refractivity contribution in [3.63, 3.8) is 0 Å². The molecule has 0 saturated heterocycles. The molecule has 1 atom stereocenters. The number of hydrazone groups is 1. The van der Waals surface area contributed by atoms with E-state index < -0.39 is 0 Å². The number of benzene rings is 3. The van der Waals surface area contributed by atoms with Gasteiger partial charge in [0.15, 0.2) is 0 Å². The summed E-state index contributed by atoms with van der Waals surface area (Å²) < 4.78 is 12.0. The van der Waals surface area contributed by atoms with Gasteiger partial charge in [-0.3, -0.25) is 4.79 Å². The van der Waals surface area contributed by atoms with Crippen LogP contribution in [-0.4, -0.2) is 30.8 Å². The van der Waals surface area contributed by atoms with Crippen molar-refractivity contribution in [1.29, 1.82) is 0 Å². The number of amides is 1. The standard InChI is InChI=1S/C26H23BrN2O3/c1-31-21-13-14-25(32-2)22(16-21)24-17-23(19-9-11-20(27)12-10-19)28-29(24)26(30)15-8-18-6-4-3-5-7-18/h3-16,24H,17H2,1-2H3/b15-8+/t24-/m0/s1. The smallest absolute Gasteiger partial charge is 0.267 e. The fourth-order valence-corrected chi connectivity index (χ4v) is 3.94. The van der Waals surface area contributed by atoms with Crippen LogP contribution in [0.5, 0.6) is 11.5 Å². The Labute approximate surface area is 196 Å². The first-order chi connectivity index (χ1) is 15.6. The summed E-state index contributed by atoms with van der Waals surface area (Å²) in [6.45, 7) is 0. The summed E-state index contributed by atoms with van der Waals surface area (Å²) in [6, 6.07) is 23.0. The molecule has 0 fully saturated rings. The minimum absolute atomic E-state index is 0.198. The van der Waals surface area contributed by atoms with E-state index in [1.54, 1.807) is 26.4 Å². The van der Waals surface area contributed by atoms with Crippen LogP contribution in [-0.2, 0) is 4.79 Å². The van der Waals surface area contributed by atoms with Crippen molar-refractivity contribution < 1.29 is 14.3 Å². The summed E-state index contributed by atoms with van der Waals surface area (Å²) in [4.78, 5) is 13.2. The Balaban J connectivity index is 1.72. The second-order valence-corrected chi connectivity index (χ2v) is 8.22. The SMILES string of the molecule is COc1ccc(OC)c([C@@H]2CC(c3ccc(Br)cc3)=NN2C(=O)/C=C/c2ccccc2)c1. The molecule has 5 nitrogen and oxygen atoms in total. The van der Waals surface area contributed by atoms with E-state index in [2.05, 4.69) is 15.9 Å². The van der Waals surface area contributed by atoms with Gasteiger partial charge in [-0.25, -0.2) is 5.01 Å². The van der Waals surface area contributed by atoms with Crippen LogP contribution in [0.2, 0.25) is 0 Å². The van der Waals surface area contributed by atoms with Gasteiger partial charge < -0.3 is 9.47 Å². The maximum Gasteiger partial charge on any atom is 0.267 e. The van der Waals surface area contributed by atoms with E-state index in [1.807, 2.05) is 72.8 Å². The van der Waals surface area contributed by atoms with Crippen LogP contribution in [0.4, 0.5) is 0 Å². The van der Waals surface area contributed by atoms with Crippen molar-refractivity contribution in [2.75, 3.05) is 14.2 Å². The number of methoxy groups -OCH3 is 2. The van der Waals surface area contributed by atoms with Gasteiger partial charge in [0.2, 0.25) is 0 Å². The van der Waals surface area contributed by atoms with E-state index in [0.29, 0.717) is 17.9 Å². The molecule has 3 aromatic carbocycles. The Morgan fingerprint density at radius 2 is 1.78 bits per heavy atom. The fourth-order valence-electron chi connectivity index (χ4n) is 3.68. The third kappa shape index (κ3) is 4.75. The number of rotatable bonds is 6. The molecule has 1 amide bonds. The first kappa shape index (κ1) is 21.8. The number of carbonyl (C=O) groups excluding carboxylic acids is 1. The van der Waals surface area contributed by atoms with Crippen LogP contribution in [0.25, 0.3) is 6.08 Å². The summed E-state index contributed by atoms with van der Waals surface area (Å²) in [7, 11) is 3.24. The lowest BCUT2D eigenvalue weighted by Gasteiger charge is -2.23. The third-order valence-corrected chi connectivity index (χ3v) is 5.86. The Morgan fingerprint density at radius 1 is 1.03 bits per heavy atom. The zero-order valence-electron chi connectivity index (χ0n) is 17.9. The van der Waals surface area contributed by atoms with Crippen LogP contribution in [0, 0.1) is 0 Å². The maximum atomic E-state index is 13.2. The van der Waals surface area contributed by atoms with E-state index in [-0.39, 0.29) is 11.9 Å². The molecular weight excluding hydrogens is 468 g/mol. The number of hydrogen-bond donors (Lipinski definition) is 0. The van der Waals surface area contributed by atoms with Crippen molar-refractivity contribution in [2.24, 2.45) is 5.10 Å². The van der Waals surface area contributed by atoms with E-state index in [9.17, 15) is 4.79 Å². The second-order valence-electron chi connectivity index (χ2n) is 7.31. The van der Waals surface area contributed by atoms with Gasteiger partial charge >= 0.3 is 0 Å². The molecule has 1 heterocycles. The summed E-state index contributed by atoms with van der Waals surface area (Å²) in [5, 5.41) is 6.26. The van der Waals surface area contributed by atoms with Crippen LogP contribution in [0.15, 0.2) is 88.4 Å². The van der Waals surface area contributed by atoms with Gasteiger partial charge in [-0.05, 0) is 47.5 Å². The van der Waals surface area contributed by atoms with Gasteiger partial charge in [0.05, 0.1) is 26.0 Å². The van der Waals surface area contributed by atoms with Crippen molar-refractivity contribution in [3.05, 3.63) is 100 Å². The lowest BCUT2D eigenvalue weighted by atomic mass is 9.97. The molecule has 0 aromatic heterocycles. The highest BCUT2D eigenvalue weighted by Gasteiger charge is 2.34. The van der Waals surface area contributed by atoms with E-state index in [1.165, 1.54) is 5.01 Å². The van der Waals surface area contributed by atoms with Crippen molar-refractivity contribution in [1.82, 2.24) is 5.01 Å². The van der Waals surface area contributed by atoms with Crippen molar-refractivity contribution >= 4 is 33.6 Å². The Hall–Kier alpha value is -3.38. The van der Waals surface area contributed by atoms with Crippen molar-refractivity contribution in [3.8, 4) is 11.5 Å². The lowest BCUT2D eigenvalue weighted by molar-refractivity contribution is -0.127. The van der Waals surface area contributed by atoms with Crippen LogP contribution < -0.4 is 9.47 Å². The predicted octanol–water partition coefficient (Wildman–Crippen LogP) is 5.86. The molecule has 0 unspecified atom stereocenters. The molecule has 0 saturated carbocycles. The van der Waals surface area contributed by atoms with Gasteiger partial charge in [0, 0.05) is 22.5 Å². The van der Waals surface area contributed by atoms with Gasteiger partial charge in [0.1, 0.15) is 11.5 Å². The minimum Gasteiger partial charge on any atom is -0.497 e. The quantitative estimate of drug-likeness (QED) is 0.406. The first-order valence-corrected chi connectivity index (χ1v) is 11.0. The summed E-state index contributed by atoms with van der Waals surface area (Å²) in [5.74, 6) is 1.19. The topological polar surface area (TPSA) is 51.1 Å². The third-order valence-electron chi connectivity index (χ3n) is 5.33. The summed E-state index contributed by atoms with van der Waals surface area (Å²) in [6.07, 6.45) is 3.93. The number of hydrogen-bond acceptors (Lipinski definition) is 4. The van der Waals surface area contributed by atoms with E-state index in [0.717, 1.165) is 26.9 Å². The molecule has 0 aliphatic carbocycles. The van der Waals surface area contributed by atoms with Gasteiger partial charge in [-0.15, -0.1) is 0 Å². The second kappa shape index (κ2) is 9.83. The fraction of sp³-hybridized carbons (Fsp3) is 0.154. The van der Waals surface area contributed by atoms with Gasteiger partial charge in [-0.2, -0.15) is 5.10 Å². The Bertz CT molecular complexity index is 1160. The highest BCUT2D eigenvalue weighted by Crippen LogP contribution is 2.39. The lowest BCUT2D eigenvalue weighted by Crippen LogP contribution is -2.25. The molecule has 3 aromatic rings. The first-order valence-electron chi connectivity index (χ1n) is 10.2. The molecule has 1 aliphatic rings. The average Bonchev–Trinajstić information content (AvgIpc) is 3.28. The molecule has 4 rings (SSSR count). The Morgan fingerprint density at radius 3 is 2.47 bits per heavy atom. The van der Waals surface area contributed by atoms with Crippen LogP contribution in [0.3, 0.4) is 0 Å². The molecule has 0 N–H and O–H groups in total. The average molecular weight is 491 g/mol. The number of halogens is 1. The van der Waals surface area contributed by atoms with E-state index in [4.69, 9.17) is 14.6 Å². The zero-order chi connectivity index (χ0) is 22.5. The number of ether oxygens (including phenoxy) is 2. The zero-order valence-corrected chi connectivity index (χ0v) is 19.5. The molecule has 162 valence electrons. The molecule has 6 heteroatoms. The van der Waals surface area contributed by atoms with Crippen LogP contribution >= 0.6 is 15.9 Å². The largest absolute Gasteiger partial charge is 0.497 e. The number of carbonyl (C=O) groups is 1. The normalized spacial score (nSPS) is 15.7.